The smallest absolute Gasteiger partial charge is 0.373 e. The first-order valence-electron chi connectivity index (χ1n) is 4.11. The van der Waals surface area contributed by atoms with Gasteiger partial charge in [0.15, 0.2) is 6.04 Å². The molecule has 6 nitrogen and oxygen atoms in total. The zero-order valence-corrected chi connectivity index (χ0v) is 8.35. The van der Waals surface area contributed by atoms with E-state index >= 15 is 0 Å². The lowest BCUT2D eigenvalue weighted by atomic mass is 10.2. The third-order valence-corrected chi connectivity index (χ3v) is 1.78. The average molecular weight is 213 g/mol. The Labute approximate surface area is 85.9 Å². The summed E-state index contributed by atoms with van der Waals surface area (Å²) in [4.78, 5) is 22.1. The fourth-order valence-electron chi connectivity index (χ4n) is 0.973. The summed E-state index contributed by atoms with van der Waals surface area (Å²) in [5.74, 6) is -1.12. The Morgan fingerprint density at radius 3 is 2.53 bits per heavy atom. The Hall–Kier alpha value is -1.82. The van der Waals surface area contributed by atoms with Gasteiger partial charge in [0.2, 0.25) is 5.76 Å². The minimum Gasteiger partial charge on any atom is -0.468 e. The minimum absolute atomic E-state index is 0.00754. The Bertz CT molecular complexity index is 370. The van der Waals surface area contributed by atoms with Crippen molar-refractivity contribution in [1.29, 1.82) is 0 Å². The van der Waals surface area contributed by atoms with E-state index < -0.39 is 18.0 Å². The summed E-state index contributed by atoms with van der Waals surface area (Å²) in [6, 6.07) is 1.77. The fraction of sp³-hybridized carbons (Fsp3) is 0.333. The molecule has 0 saturated heterocycles. The molecule has 1 unspecified atom stereocenters. The Morgan fingerprint density at radius 1 is 1.33 bits per heavy atom. The minimum atomic E-state index is -1.03. The maximum absolute atomic E-state index is 11.0. The topological polar surface area (TPSA) is 91.8 Å². The van der Waals surface area contributed by atoms with Crippen molar-refractivity contribution < 1.29 is 23.5 Å². The molecule has 0 aliphatic carbocycles. The highest BCUT2D eigenvalue weighted by atomic mass is 16.5. The maximum atomic E-state index is 11.0. The van der Waals surface area contributed by atoms with Crippen LogP contribution in [0.1, 0.15) is 22.4 Å². The number of carbonyl (C=O) groups is 2. The van der Waals surface area contributed by atoms with Crippen LogP contribution in [0.3, 0.4) is 0 Å². The standard InChI is InChI=1S/C9H11NO5/c1-13-8(11)6-4-3-5(15-6)7(10)9(12)14-2/h3-4,7H,10H2,1-2H3. The molecule has 2 N–H and O–H groups in total. The molecule has 1 heterocycles. The number of nitrogens with two attached hydrogens (primary N) is 1. The van der Waals surface area contributed by atoms with Gasteiger partial charge in [0, 0.05) is 0 Å². The average Bonchev–Trinajstić information content (AvgIpc) is 2.75. The molecule has 15 heavy (non-hydrogen) atoms. The van der Waals surface area contributed by atoms with Crippen molar-refractivity contribution in [2.75, 3.05) is 14.2 Å². The predicted molar refractivity (Wildman–Crippen MR) is 49.0 cm³/mol. The molecule has 0 bridgehead atoms. The quantitative estimate of drug-likeness (QED) is 0.723. The lowest BCUT2D eigenvalue weighted by Crippen LogP contribution is -2.21. The van der Waals surface area contributed by atoms with Crippen LogP contribution in [0.4, 0.5) is 0 Å². The number of hydrogen-bond acceptors (Lipinski definition) is 6. The first-order valence-corrected chi connectivity index (χ1v) is 4.11. The molecule has 1 aromatic heterocycles. The molecule has 0 radical (unpaired) electrons. The van der Waals surface area contributed by atoms with Crippen LogP contribution in [0.25, 0.3) is 0 Å². The lowest BCUT2D eigenvalue weighted by molar-refractivity contribution is -0.142. The van der Waals surface area contributed by atoms with Crippen molar-refractivity contribution in [3.63, 3.8) is 0 Å². The van der Waals surface area contributed by atoms with Crippen molar-refractivity contribution in [1.82, 2.24) is 0 Å². The van der Waals surface area contributed by atoms with E-state index in [0.717, 1.165) is 0 Å². The highest BCUT2D eigenvalue weighted by Crippen LogP contribution is 2.16. The van der Waals surface area contributed by atoms with E-state index in [2.05, 4.69) is 9.47 Å². The summed E-state index contributed by atoms with van der Waals surface area (Å²) in [7, 11) is 2.44. The number of carbonyl (C=O) groups excluding carboxylic acids is 2. The predicted octanol–water partition coefficient (Wildman–Crippen LogP) is 0.239. The SMILES string of the molecule is COC(=O)c1ccc(C(N)C(=O)OC)o1. The van der Waals surface area contributed by atoms with Gasteiger partial charge < -0.3 is 19.6 Å². The summed E-state index contributed by atoms with van der Waals surface area (Å²) in [6.07, 6.45) is 0. The first kappa shape index (κ1) is 11.3. The van der Waals surface area contributed by atoms with E-state index in [9.17, 15) is 9.59 Å². The third-order valence-electron chi connectivity index (χ3n) is 1.78. The number of furan rings is 1. The number of rotatable bonds is 3. The zero-order chi connectivity index (χ0) is 11.4. The van der Waals surface area contributed by atoms with Gasteiger partial charge in [0.1, 0.15) is 5.76 Å². The summed E-state index contributed by atoms with van der Waals surface area (Å²) in [6.45, 7) is 0. The second-order valence-electron chi connectivity index (χ2n) is 2.69. The summed E-state index contributed by atoms with van der Waals surface area (Å²) in [5.41, 5.74) is 5.48. The van der Waals surface area contributed by atoms with E-state index in [-0.39, 0.29) is 11.5 Å². The van der Waals surface area contributed by atoms with Crippen LogP contribution in [-0.2, 0) is 14.3 Å². The molecule has 0 amide bonds. The first-order chi connectivity index (χ1) is 7.10. The summed E-state index contributed by atoms with van der Waals surface area (Å²) < 4.78 is 13.9. The van der Waals surface area contributed by atoms with Gasteiger partial charge in [-0.3, -0.25) is 0 Å². The second-order valence-corrected chi connectivity index (χ2v) is 2.69. The van der Waals surface area contributed by atoms with E-state index in [0.29, 0.717) is 0 Å². The highest BCUT2D eigenvalue weighted by molar-refractivity contribution is 5.86. The van der Waals surface area contributed by atoms with Crippen molar-refractivity contribution >= 4 is 11.9 Å². The van der Waals surface area contributed by atoms with Gasteiger partial charge in [-0.1, -0.05) is 0 Å². The number of hydrogen-bond donors (Lipinski definition) is 1. The molecule has 1 atom stereocenters. The van der Waals surface area contributed by atoms with E-state index in [1.165, 1.54) is 26.4 Å². The van der Waals surface area contributed by atoms with Crippen LogP contribution < -0.4 is 5.73 Å². The van der Waals surface area contributed by atoms with Crippen LogP contribution in [-0.4, -0.2) is 26.2 Å². The van der Waals surface area contributed by atoms with Crippen molar-refractivity contribution in [2.24, 2.45) is 5.73 Å². The normalized spacial score (nSPS) is 11.9. The molecule has 6 heteroatoms. The molecule has 0 saturated carbocycles. The molecule has 1 aromatic rings. The Morgan fingerprint density at radius 2 is 2.00 bits per heavy atom. The van der Waals surface area contributed by atoms with Crippen molar-refractivity contribution in [3.8, 4) is 0 Å². The Balaban J connectivity index is 2.84. The van der Waals surface area contributed by atoms with Crippen molar-refractivity contribution in [2.45, 2.75) is 6.04 Å². The van der Waals surface area contributed by atoms with Gasteiger partial charge in [0.05, 0.1) is 14.2 Å². The number of ether oxygens (including phenoxy) is 2. The van der Waals surface area contributed by atoms with Crippen LogP contribution in [0.15, 0.2) is 16.5 Å². The van der Waals surface area contributed by atoms with Gasteiger partial charge in [0.25, 0.3) is 0 Å². The van der Waals surface area contributed by atoms with Crippen LogP contribution in [0.5, 0.6) is 0 Å². The van der Waals surface area contributed by atoms with Gasteiger partial charge in [-0.25, -0.2) is 9.59 Å². The Kier molecular flexibility index (Phi) is 3.46. The molecule has 0 fully saturated rings. The van der Waals surface area contributed by atoms with E-state index in [4.69, 9.17) is 10.2 Å². The van der Waals surface area contributed by atoms with Gasteiger partial charge >= 0.3 is 11.9 Å². The lowest BCUT2D eigenvalue weighted by Gasteiger charge is -2.04. The molecular weight excluding hydrogens is 202 g/mol. The highest BCUT2D eigenvalue weighted by Gasteiger charge is 2.21. The molecule has 0 spiro atoms. The zero-order valence-electron chi connectivity index (χ0n) is 8.35. The fourth-order valence-corrected chi connectivity index (χ4v) is 0.973. The molecule has 0 aliphatic heterocycles. The van der Waals surface area contributed by atoms with Crippen molar-refractivity contribution in [3.05, 3.63) is 23.7 Å². The third kappa shape index (κ3) is 2.35. The van der Waals surface area contributed by atoms with E-state index in [1.807, 2.05) is 0 Å². The number of esters is 2. The summed E-state index contributed by atoms with van der Waals surface area (Å²) >= 11 is 0. The van der Waals surface area contributed by atoms with Crippen LogP contribution in [0.2, 0.25) is 0 Å². The largest absolute Gasteiger partial charge is 0.468 e. The van der Waals surface area contributed by atoms with Gasteiger partial charge in [-0.15, -0.1) is 0 Å². The second kappa shape index (κ2) is 4.61. The van der Waals surface area contributed by atoms with Gasteiger partial charge in [-0.05, 0) is 12.1 Å². The van der Waals surface area contributed by atoms with Gasteiger partial charge in [-0.2, -0.15) is 0 Å². The van der Waals surface area contributed by atoms with E-state index in [1.54, 1.807) is 0 Å². The molecule has 1 rings (SSSR count). The number of methoxy groups -OCH3 is 2. The molecule has 0 aliphatic rings. The molecular formula is C9H11NO5. The maximum Gasteiger partial charge on any atom is 0.373 e. The monoisotopic (exact) mass is 213 g/mol. The van der Waals surface area contributed by atoms with Crippen LogP contribution in [0, 0.1) is 0 Å². The molecule has 0 aromatic carbocycles. The van der Waals surface area contributed by atoms with Crippen LogP contribution >= 0.6 is 0 Å². The summed E-state index contributed by atoms with van der Waals surface area (Å²) in [5, 5.41) is 0. The molecule has 82 valence electrons.